The van der Waals surface area contributed by atoms with E-state index in [1.165, 1.54) is 0 Å². The van der Waals surface area contributed by atoms with E-state index in [1.54, 1.807) is 0 Å². The van der Waals surface area contributed by atoms with Crippen LogP contribution >= 0.6 is 0 Å². The van der Waals surface area contributed by atoms with Gasteiger partial charge in [-0.2, -0.15) is 13.2 Å². The highest BCUT2D eigenvalue weighted by Gasteiger charge is 2.31. The quantitative estimate of drug-likeness (QED) is 0.719. The van der Waals surface area contributed by atoms with Gasteiger partial charge in [0, 0.05) is 19.2 Å². The number of alkyl halides is 3. The molecule has 14 heavy (non-hydrogen) atoms. The van der Waals surface area contributed by atoms with Crippen molar-refractivity contribution in [1.82, 2.24) is 5.32 Å². The summed E-state index contributed by atoms with van der Waals surface area (Å²) < 4.78 is 40.9. The third kappa shape index (κ3) is 3.81. The average molecular weight is 212 g/mol. The minimum atomic E-state index is -4.19. The SMILES string of the molecule is NCC(NCC(F)(F)F)C1CCCO1. The molecule has 1 saturated heterocycles. The van der Waals surface area contributed by atoms with Crippen LogP contribution in [-0.2, 0) is 4.74 Å². The first-order valence-electron chi connectivity index (χ1n) is 4.65. The second-order valence-electron chi connectivity index (χ2n) is 3.39. The summed E-state index contributed by atoms with van der Waals surface area (Å²) in [5.41, 5.74) is 5.37. The Morgan fingerprint density at radius 2 is 2.21 bits per heavy atom. The molecule has 0 amide bonds. The van der Waals surface area contributed by atoms with Crippen LogP contribution in [0.4, 0.5) is 13.2 Å². The van der Waals surface area contributed by atoms with Crippen molar-refractivity contribution in [3.8, 4) is 0 Å². The van der Waals surface area contributed by atoms with E-state index < -0.39 is 12.7 Å². The lowest BCUT2D eigenvalue weighted by molar-refractivity contribution is -0.127. The Labute approximate surface area is 80.8 Å². The summed E-state index contributed by atoms with van der Waals surface area (Å²) in [6, 6.07) is -0.390. The van der Waals surface area contributed by atoms with E-state index in [0.29, 0.717) is 6.61 Å². The molecule has 1 heterocycles. The molecule has 0 aromatic carbocycles. The first-order valence-corrected chi connectivity index (χ1v) is 4.65. The van der Waals surface area contributed by atoms with Gasteiger partial charge in [0.1, 0.15) is 0 Å². The third-order valence-corrected chi connectivity index (χ3v) is 2.23. The molecule has 6 heteroatoms. The Kier molecular flexibility index (Phi) is 4.15. The summed E-state index contributed by atoms with van der Waals surface area (Å²) in [7, 11) is 0. The van der Waals surface area contributed by atoms with E-state index in [4.69, 9.17) is 10.5 Å². The highest BCUT2D eigenvalue weighted by Crippen LogP contribution is 2.17. The van der Waals surface area contributed by atoms with E-state index >= 15 is 0 Å². The van der Waals surface area contributed by atoms with Crippen LogP contribution in [0.15, 0.2) is 0 Å². The Balaban J connectivity index is 2.31. The predicted molar refractivity (Wildman–Crippen MR) is 45.9 cm³/mol. The molecule has 0 radical (unpaired) electrons. The van der Waals surface area contributed by atoms with Gasteiger partial charge in [0.15, 0.2) is 0 Å². The Hall–Kier alpha value is -0.330. The van der Waals surface area contributed by atoms with Gasteiger partial charge in [-0.05, 0) is 12.8 Å². The van der Waals surface area contributed by atoms with Crippen molar-refractivity contribution >= 4 is 0 Å². The molecule has 1 fully saturated rings. The fourth-order valence-corrected chi connectivity index (χ4v) is 1.53. The van der Waals surface area contributed by atoms with Crippen molar-refractivity contribution < 1.29 is 17.9 Å². The van der Waals surface area contributed by atoms with Crippen molar-refractivity contribution in [2.45, 2.75) is 31.2 Å². The molecule has 1 aliphatic heterocycles. The van der Waals surface area contributed by atoms with Gasteiger partial charge < -0.3 is 15.8 Å². The fraction of sp³-hybridized carbons (Fsp3) is 1.00. The highest BCUT2D eigenvalue weighted by molar-refractivity contribution is 4.81. The van der Waals surface area contributed by atoms with Crippen LogP contribution < -0.4 is 11.1 Å². The third-order valence-electron chi connectivity index (χ3n) is 2.23. The van der Waals surface area contributed by atoms with E-state index in [2.05, 4.69) is 5.32 Å². The smallest absolute Gasteiger partial charge is 0.377 e. The van der Waals surface area contributed by atoms with Gasteiger partial charge in [0.2, 0.25) is 0 Å². The van der Waals surface area contributed by atoms with Gasteiger partial charge >= 0.3 is 6.18 Å². The standard InChI is InChI=1S/C8H15F3N2O/c9-8(10,11)5-13-6(4-12)7-2-1-3-14-7/h6-7,13H,1-5,12H2. The minimum absolute atomic E-state index is 0.164. The lowest BCUT2D eigenvalue weighted by atomic mass is 10.1. The molecule has 84 valence electrons. The Bertz CT molecular complexity index is 168. The maximum atomic E-state index is 11.9. The summed E-state index contributed by atoms with van der Waals surface area (Å²) in [4.78, 5) is 0. The molecule has 0 bridgehead atoms. The van der Waals surface area contributed by atoms with Crippen molar-refractivity contribution in [1.29, 1.82) is 0 Å². The van der Waals surface area contributed by atoms with Gasteiger partial charge in [0.05, 0.1) is 12.6 Å². The number of nitrogens with one attached hydrogen (secondary N) is 1. The summed E-state index contributed by atoms with van der Waals surface area (Å²) in [5.74, 6) is 0. The summed E-state index contributed by atoms with van der Waals surface area (Å²) in [6.45, 7) is -0.218. The molecule has 3 N–H and O–H groups in total. The molecule has 2 atom stereocenters. The number of hydrogen-bond acceptors (Lipinski definition) is 3. The van der Waals surface area contributed by atoms with E-state index in [0.717, 1.165) is 12.8 Å². The lowest BCUT2D eigenvalue weighted by Crippen LogP contribution is -2.48. The first-order chi connectivity index (χ1) is 6.53. The van der Waals surface area contributed by atoms with Gasteiger partial charge in [0.25, 0.3) is 0 Å². The molecule has 0 saturated carbocycles. The van der Waals surface area contributed by atoms with Crippen LogP contribution in [0.3, 0.4) is 0 Å². The molecule has 1 aliphatic rings. The number of rotatable bonds is 4. The highest BCUT2D eigenvalue weighted by atomic mass is 19.4. The fourth-order valence-electron chi connectivity index (χ4n) is 1.53. The number of hydrogen-bond donors (Lipinski definition) is 2. The van der Waals surface area contributed by atoms with Crippen LogP contribution in [0.2, 0.25) is 0 Å². The molecule has 0 aromatic heterocycles. The number of nitrogens with two attached hydrogens (primary N) is 1. The topological polar surface area (TPSA) is 47.3 Å². The summed E-state index contributed by atoms with van der Waals surface area (Å²) in [5, 5.41) is 2.38. The second kappa shape index (κ2) is 4.95. The zero-order chi connectivity index (χ0) is 10.6. The van der Waals surface area contributed by atoms with E-state index in [1.807, 2.05) is 0 Å². The van der Waals surface area contributed by atoms with Gasteiger partial charge in [-0.25, -0.2) is 0 Å². The number of halogens is 3. The van der Waals surface area contributed by atoms with Crippen LogP contribution in [0.1, 0.15) is 12.8 Å². The molecular formula is C8H15F3N2O. The Morgan fingerprint density at radius 1 is 1.50 bits per heavy atom. The zero-order valence-corrected chi connectivity index (χ0v) is 7.81. The summed E-state index contributed by atoms with van der Waals surface area (Å²) >= 11 is 0. The van der Waals surface area contributed by atoms with Crippen molar-refractivity contribution in [3.63, 3.8) is 0 Å². The average Bonchev–Trinajstić information content (AvgIpc) is 2.56. The van der Waals surface area contributed by atoms with Crippen LogP contribution in [0.25, 0.3) is 0 Å². The molecule has 0 spiro atoms. The molecular weight excluding hydrogens is 197 g/mol. The van der Waals surface area contributed by atoms with E-state index in [9.17, 15) is 13.2 Å². The second-order valence-corrected chi connectivity index (χ2v) is 3.39. The van der Waals surface area contributed by atoms with Crippen molar-refractivity contribution in [2.24, 2.45) is 5.73 Å². The summed E-state index contributed by atoms with van der Waals surface area (Å²) in [6.07, 6.45) is -2.67. The van der Waals surface area contributed by atoms with Gasteiger partial charge in [-0.3, -0.25) is 0 Å². The van der Waals surface area contributed by atoms with Crippen LogP contribution in [0, 0.1) is 0 Å². The van der Waals surface area contributed by atoms with E-state index in [-0.39, 0.29) is 18.7 Å². The maximum Gasteiger partial charge on any atom is 0.401 e. The van der Waals surface area contributed by atoms with Crippen molar-refractivity contribution in [2.75, 3.05) is 19.7 Å². The predicted octanol–water partition coefficient (Wildman–Crippen LogP) is 0.645. The van der Waals surface area contributed by atoms with Gasteiger partial charge in [-0.15, -0.1) is 0 Å². The molecule has 0 aromatic rings. The van der Waals surface area contributed by atoms with Crippen LogP contribution in [0.5, 0.6) is 0 Å². The Morgan fingerprint density at radius 3 is 2.64 bits per heavy atom. The molecule has 1 rings (SSSR count). The largest absolute Gasteiger partial charge is 0.401 e. The normalized spacial score (nSPS) is 25.3. The number of ether oxygens (including phenoxy) is 1. The van der Waals surface area contributed by atoms with Crippen LogP contribution in [-0.4, -0.2) is 38.0 Å². The minimum Gasteiger partial charge on any atom is -0.377 e. The lowest BCUT2D eigenvalue weighted by Gasteiger charge is -2.23. The molecule has 2 unspecified atom stereocenters. The zero-order valence-electron chi connectivity index (χ0n) is 7.81. The monoisotopic (exact) mass is 212 g/mol. The molecule has 3 nitrogen and oxygen atoms in total. The van der Waals surface area contributed by atoms with Crippen molar-refractivity contribution in [3.05, 3.63) is 0 Å². The van der Waals surface area contributed by atoms with Gasteiger partial charge in [-0.1, -0.05) is 0 Å². The first kappa shape index (κ1) is 11.7. The molecule has 0 aliphatic carbocycles. The maximum absolute atomic E-state index is 11.9.